The molecule has 0 saturated heterocycles. The van der Waals surface area contributed by atoms with Crippen molar-refractivity contribution in [3.8, 4) is 0 Å². The summed E-state index contributed by atoms with van der Waals surface area (Å²) in [5.41, 5.74) is 4.29. The average molecular weight is 345 g/mol. The summed E-state index contributed by atoms with van der Waals surface area (Å²) in [5, 5.41) is 5.61. The van der Waals surface area contributed by atoms with Gasteiger partial charge in [-0.05, 0) is 17.7 Å². The second-order valence-corrected chi connectivity index (χ2v) is 5.98. The maximum absolute atomic E-state index is 12.0. The molecule has 1 unspecified atom stereocenters. The van der Waals surface area contributed by atoms with Crippen LogP contribution < -0.4 is 10.7 Å². The number of nitrogens with one attached hydrogen (secondary N) is 2. The highest BCUT2D eigenvalue weighted by Crippen LogP contribution is 2.23. The lowest BCUT2D eigenvalue weighted by molar-refractivity contribution is -0.121. The number of anilines is 1. The molecular weight excluding hydrogens is 331 g/mol. The van der Waals surface area contributed by atoms with E-state index in [-0.39, 0.29) is 23.6 Å². The van der Waals surface area contributed by atoms with Crippen molar-refractivity contribution in [1.29, 1.82) is 0 Å². The first-order chi connectivity index (χ1) is 10.7. The van der Waals surface area contributed by atoms with Gasteiger partial charge in [0.1, 0.15) is 0 Å². The fourth-order valence-corrected chi connectivity index (χ4v) is 2.51. The number of thioether (sulfide) groups is 1. The lowest BCUT2D eigenvalue weighted by atomic mass is 9.94. The Balaban J connectivity index is 1.97. The molecule has 1 aliphatic heterocycles. The molecule has 0 aromatic heterocycles. The van der Waals surface area contributed by atoms with Crippen LogP contribution in [0.5, 0.6) is 0 Å². The number of hydrazone groups is 1. The molecule has 0 aliphatic carbocycles. The summed E-state index contributed by atoms with van der Waals surface area (Å²) >= 11 is 0.165. The topological polar surface area (TPSA) is 70.6 Å². The van der Waals surface area contributed by atoms with Crippen molar-refractivity contribution in [2.24, 2.45) is 11.0 Å². The molecule has 2 amide bonds. The first-order valence-electron chi connectivity index (χ1n) is 6.72. The van der Waals surface area contributed by atoms with E-state index in [1.807, 2.05) is 6.92 Å². The molecule has 2 N–H and O–H groups in total. The van der Waals surface area contributed by atoms with Crippen LogP contribution in [-0.2, 0) is 4.79 Å². The second-order valence-electron chi connectivity index (χ2n) is 5.03. The lowest BCUT2D eigenvalue weighted by Gasteiger charge is -2.19. The Hall–Kier alpha value is -2.03. The Kier molecular flexibility index (Phi) is 5.30. The van der Waals surface area contributed by atoms with Gasteiger partial charge in [-0.3, -0.25) is 9.59 Å². The second kappa shape index (κ2) is 7.03. The van der Waals surface area contributed by atoms with Gasteiger partial charge in [-0.2, -0.15) is 18.3 Å². The molecule has 0 radical (unpaired) electrons. The van der Waals surface area contributed by atoms with E-state index in [1.165, 1.54) is 0 Å². The number of benzene rings is 1. The first kappa shape index (κ1) is 17.3. The van der Waals surface area contributed by atoms with Crippen molar-refractivity contribution in [3.63, 3.8) is 0 Å². The van der Waals surface area contributed by atoms with Crippen molar-refractivity contribution in [2.45, 2.75) is 19.5 Å². The van der Waals surface area contributed by atoms with Crippen molar-refractivity contribution >= 4 is 34.3 Å². The summed E-state index contributed by atoms with van der Waals surface area (Å²) in [6.07, 6.45) is -4.04. The summed E-state index contributed by atoms with van der Waals surface area (Å²) < 4.78 is 36.1. The standard InChI is InChI=1S/C14H14F3N3O2S/c1-8-6-11(21)19-20-12(8)9-2-4-10(5-3-9)18-13(22)23-7-14(15,16)17/h2-5,8H,6-7H2,1H3,(H,18,22)(H,19,21). The van der Waals surface area contributed by atoms with Gasteiger partial charge in [-0.15, -0.1) is 0 Å². The zero-order valence-electron chi connectivity index (χ0n) is 12.1. The SMILES string of the molecule is CC1CC(=O)NN=C1c1ccc(NC(=O)SCC(F)(F)F)cc1. The molecule has 0 spiro atoms. The van der Waals surface area contributed by atoms with Crippen LogP contribution in [0.2, 0.25) is 0 Å². The van der Waals surface area contributed by atoms with Gasteiger partial charge in [-0.1, -0.05) is 30.8 Å². The fourth-order valence-electron chi connectivity index (χ4n) is 2.03. The number of halogens is 3. The number of hydrogen-bond donors (Lipinski definition) is 2. The predicted octanol–water partition coefficient (Wildman–Crippen LogP) is 3.37. The highest BCUT2D eigenvalue weighted by molar-refractivity contribution is 8.13. The molecule has 1 heterocycles. The fraction of sp³-hybridized carbons (Fsp3) is 0.357. The maximum Gasteiger partial charge on any atom is 0.398 e. The summed E-state index contributed by atoms with van der Waals surface area (Å²) in [6.45, 7) is 1.88. The van der Waals surface area contributed by atoms with Crippen molar-refractivity contribution in [3.05, 3.63) is 29.8 Å². The minimum atomic E-state index is -4.38. The zero-order valence-corrected chi connectivity index (χ0v) is 12.9. The van der Waals surface area contributed by atoms with Crippen LogP contribution in [0, 0.1) is 5.92 Å². The molecule has 1 aromatic rings. The smallest absolute Gasteiger partial charge is 0.317 e. The zero-order chi connectivity index (χ0) is 17.0. The van der Waals surface area contributed by atoms with Gasteiger partial charge in [0.05, 0.1) is 11.5 Å². The minimum absolute atomic E-state index is 0.0356. The number of nitrogens with zero attached hydrogens (tertiary/aromatic N) is 1. The Morgan fingerprint density at radius 2 is 2.04 bits per heavy atom. The van der Waals surface area contributed by atoms with Crippen LogP contribution in [0.1, 0.15) is 18.9 Å². The predicted molar refractivity (Wildman–Crippen MR) is 82.4 cm³/mol. The van der Waals surface area contributed by atoms with Crippen LogP contribution in [0.3, 0.4) is 0 Å². The monoisotopic (exact) mass is 345 g/mol. The summed E-state index contributed by atoms with van der Waals surface area (Å²) in [6, 6.07) is 6.54. The quantitative estimate of drug-likeness (QED) is 0.882. The van der Waals surface area contributed by atoms with Gasteiger partial charge in [0.15, 0.2) is 0 Å². The maximum atomic E-state index is 12.0. The molecule has 23 heavy (non-hydrogen) atoms. The molecule has 9 heteroatoms. The number of amides is 2. The molecule has 2 rings (SSSR count). The van der Waals surface area contributed by atoms with Crippen LogP contribution >= 0.6 is 11.8 Å². The van der Waals surface area contributed by atoms with E-state index in [0.717, 1.165) is 5.56 Å². The molecule has 1 aromatic carbocycles. The highest BCUT2D eigenvalue weighted by atomic mass is 32.2. The summed E-state index contributed by atoms with van der Waals surface area (Å²) in [4.78, 5) is 22.6. The van der Waals surface area contributed by atoms with Gasteiger partial charge in [0.25, 0.3) is 5.24 Å². The third-order valence-corrected chi connectivity index (χ3v) is 3.89. The first-order valence-corrected chi connectivity index (χ1v) is 7.70. The number of alkyl halides is 3. The van der Waals surface area contributed by atoms with Crippen LogP contribution in [-0.4, -0.2) is 28.8 Å². The van der Waals surface area contributed by atoms with Crippen molar-refractivity contribution < 1.29 is 22.8 Å². The molecule has 0 bridgehead atoms. The Morgan fingerprint density at radius 3 is 2.61 bits per heavy atom. The third-order valence-electron chi connectivity index (χ3n) is 3.05. The van der Waals surface area contributed by atoms with Gasteiger partial charge in [-0.25, -0.2) is 5.43 Å². The number of carbonyl (C=O) groups excluding carboxylic acids is 2. The normalized spacial score (nSPS) is 18.2. The minimum Gasteiger partial charge on any atom is -0.317 e. The Labute approximate surface area is 134 Å². The number of rotatable bonds is 3. The lowest BCUT2D eigenvalue weighted by Crippen LogP contribution is -2.31. The van der Waals surface area contributed by atoms with Crippen LogP contribution in [0.15, 0.2) is 29.4 Å². The summed E-state index contributed by atoms with van der Waals surface area (Å²) in [7, 11) is 0. The molecule has 5 nitrogen and oxygen atoms in total. The Bertz CT molecular complexity index is 629. The van der Waals surface area contributed by atoms with E-state index in [2.05, 4.69) is 15.8 Å². The third kappa shape index (κ3) is 5.27. The number of hydrogen-bond acceptors (Lipinski definition) is 4. The molecule has 0 fully saturated rings. The van der Waals surface area contributed by atoms with Crippen molar-refractivity contribution in [1.82, 2.24) is 5.43 Å². The summed E-state index contributed by atoms with van der Waals surface area (Å²) in [5.74, 6) is -1.41. The number of carbonyl (C=O) groups is 2. The van der Waals surface area contributed by atoms with E-state index >= 15 is 0 Å². The van der Waals surface area contributed by atoms with Crippen LogP contribution in [0.4, 0.5) is 23.7 Å². The van der Waals surface area contributed by atoms with E-state index in [0.29, 0.717) is 17.8 Å². The van der Waals surface area contributed by atoms with E-state index in [9.17, 15) is 22.8 Å². The van der Waals surface area contributed by atoms with E-state index in [1.54, 1.807) is 24.3 Å². The van der Waals surface area contributed by atoms with Gasteiger partial charge >= 0.3 is 6.18 Å². The van der Waals surface area contributed by atoms with Crippen LogP contribution in [0.25, 0.3) is 0 Å². The molecular formula is C14H14F3N3O2S. The van der Waals surface area contributed by atoms with Gasteiger partial charge in [0.2, 0.25) is 5.91 Å². The van der Waals surface area contributed by atoms with Crippen molar-refractivity contribution in [2.75, 3.05) is 11.1 Å². The molecule has 1 aliphatic rings. The Morgan fingerprint density at radius 1 is 1.39 bits per heavy atom. The van der Waals surface area contributed by atoms with Gasteiger partial charge < -0.3 is 5.32 Å². The highest BCUT2D eigenvalue weighted by Gasteiger charge is 2.28. The molecule has 124 valence electrons. The molecule has 1 atom stereocenters. The van der Waals surface area contributed by atoms with E-state index in [4.69, 9.17) is 0 Å². The van der Waals surface area contributed by atoms with Gasteiger partial charge in [0, 0.05) is 18.0 Å². The average Bonchev–Trinajstić information content (AvgIpc) is 2.46. The molecule has 0 saturated carbocycles. The van der Waals surface area contributed by atoms with E-state index < -0.39 is 17.2 Å². The largest absolute Gasteiger partial charge is 0.398 e.